The minimum atomic E-state index is -3.66. The first-order valence-corrected chi connectivity index (χ1v) is 12.6. The number of hydrogen-bond acceptors (Lipinski definition) is 5. The molecule has 2 fully saturated rings. The fraction of sp³-hybridized carbons (Fsp3) is 0.636. The van der Waals surface area contributed by atoms with Gasteiger partial charge in [0.25, 0.3) is 0 Å². The minimum Gasteiger partial charge on any atom is -0.495 e. The lowest BCUT2D eigenvalue weighted by Gasteiger charge is -2.47. The number of amides is 2. The second-order valence-electron chi connectivity index (χ2n) is 8.87. The summed E-state index contributed by atoms with van der Waals surface area (Å²) in [5.74, 6) is -0.344. The van der Waals surface area contributed by atoms with E-state index in [9.17, 15) is 18.0 Å². The van der Waals surface area contributed by atoms with Gasteiger partial charge in [-0.15, -0.1) is 0 Å². The Bertz CT molecular complexity index is 940. The Labute approximate surface area is 185 Å². The van der Waals surface area contributed by atoms with Crippen molar-refractivity contribution in [1.29, 1.82) is 0 Å². The molecule has 1 aliphatic heterocycles. The number of benzene rings is 1. The van der Waals surface area contributed by atoms with E-state index in [4.69, 9.17) is 4.74 Å². The van der Waals surface area contributed by atoms with Gasteiger partial charge in [-0.1, -0.05) is 31.7 Å². The van der Waals surface area contributed by atoms with Crippen LogP contribution in [0.2, 0.25) is 0 Å². The highest BCUT2D eigenvalue weighted by molar-refractivity contribution is 7.88. The standard InChI is InChI=1S/C22H33N3O5S/c1-16-11-12-19(30-3)18(13-16)25-20(26)14-24(31(4,28)29)15-22(25,2)21(27)23-17-9-7-5-6-8-10-17/h11-13,17H,5-10,14-15H2,1-4H3,(H,23,27). The number of piperazine rings is 1. The van der Waals surface area contributed by atoms with Crippen LogP contribution in [0.4, 0.5) is 5.69 Å². The number of rotatable bonds is 5. The van der Waals surface area contributed by atoms with Crippen molar-refractivity contribution in [2.24, 2.45) is 0 Å². The van der Waals surface area contributed by atoms with Gasteiger partial charge in [0.15, 0.2) is 0 Å². The summed E-state index contributed by atoms with van der Waals surface area (Å²) in [7, 11) is -2.15. The van der Waals surface area contributed by atoms with E-state index in [-0.39, 0.29) is 25.0 Å². The molecule has 31 heavy (non-hydrogen) atoms. The van der Waals surface area contributed by atoms with E-state index in [1.54, 1.807) is 19.1 Å². The Hall–Kier alpha value is -2.13. The van der Waals surface area contributed by atoms with Crippen LogP contribution in [0, 0.1) is 6.92 Å². The normalized spacial score (nSPS) is 24.0. The first kappa shape index (κ1) is 23.5. The first-order valence-electron chi connectivity index (χ1n) is 10.8. The van der Waals surface area contributed by atoms with Crippen LogP contribution >= 0.6 is 0 Å². The molecule has 0 spiro atoms. The van der Waals surface area contributed by atoms with Gasteiger partial charge in [0, 0.05) is 12.6 Å². The Kier molecular flexibility index (Phi) is 6.95. The fourth-order valence-electron chi connectivity index (χ4n) is 4.51. The lowest BCUT2D eigenvalue weighted by atomic mass is 9.93. The molecule has 1 aromatic rings. The SMILES string of the molecule is COc1ccc(C)cc1N1C(=O)CN(S(C)(=O)=O)CC1(C)C(=O)NC1CCCCCC1. The highest BCUT2D eigenvalue weighted by atomic mass is 32.2. The summed E-state index contributed by atoms with van der Waals surface area (Å²) < 4.78 is 31.2. The number of ether oxygens (including phenoxy) is 1. The molecule has 172 valence electrons. The summed E-state index contributed by atoms with van der Waals surface area (Å²) >= 11 is 0. The van der Waals surface area contributed by atoms with Crippen molar-refractivity contribution in [1.82, 2.24) is 9.62 Å². The molecule has 1 saturated heterocycles. The molecule has 1 saturated carbocycles. The fourth-order valence-corrected chi connectivity index (χ4v) is 5.35. The van der Waals surface area contributed by atoms with Crippen molar-refractivity contribution < 1.29 is 22.7 Å². The van der Waals surface area contributed by atoms with Crippen LogP contribution in [0.3, 0.4) is 0 Å². The van der Waals surface area contributed by atoms with Crippen molar-refractivity contribution in [2.75, 3.05) is 31.4 Å². The second kappa shape index (κ2) is 9.16. The van der Waals surface area contributed by atoms with Crippen LogP contribution in [0.25, 0.3) is 0 Å². The summed E-state index contributed by atoms with van der Waals surface area (Å²) in [6, 6.07) is 5.44. The third-order valence-corrected chi connectivity index (χ3v) is 7.46. The van der Waals surface area contributed by atoms with E-state index in [1.807, 2.05) is 13.0 Å². The van der Waals surface area contributed by atoms with Crippen molar-refractivity contribution >= 4 is 27.5 Å². The Balaban J connectivity index is 2.03. The van der Waals surface area contributed by atoms with Gasteiger partial charge in [-0.25, -0.2) is 8.42 Å². The number of nitrogens with zero attached hydrogens (tertiary/aromatic N) is 2. The number of aryl methyl sites for hydroxylation is 1. The molecule has 1 N–H and O–H groups in total. The van der Waals surface area contributed by atoms with Crippen LogP contribution in [0.1, 0.15) is 51.0 Å². The molecule has 0 aromatic heterocycles. The van der Waals surface area contributed by atoms with Crippen LogP contribution in [-0.4, -0.2) is 62.6 Å². The zero-order chi connectivity index (χ0) is 22.8. The van der Waals surface area contributed by atoms with Crippen LogP contribution in [0.15, 0.2) is 18.2 Å². The van der Waals surface area contributed by atoms with Crippen LogP contribution in [0.5, 0.6) is 5.75 Å². The quantitative estimate of drug-likeness (QED) is 0.693. The number of carbonyl (C=O) groups excluding carboxylic acids is 2. The minimum absolute atomic E-state index is 0.0248. The molecule has 8 nitrogen and oxygen atoms in total. The molecule has 2 amide bonds. The first-order chi connectivity index (χ1) is 14.6. The number of hydrogen-bond donors (Lipinski definition) is 1. The molecule has 0 bridgehead atoms. The molecule has 9 heteroatoms. The van der Waals surface area contributed by atoms with Gasteiger partial charge in [0.05, 0.1) is 25.6 Å². The molecular weight excluding hydrogens is 418 g/mol. The average molecular weight is 452 g/mol. The third-order valence-electron chi connectivity index (χ3n) is 6.26. The summed E-state index contributed by atoms with van der Waals surface area (Å²) in [6.45, 7) is 3.09. The summed E-state index contributed by atoms with van der Waals surface area (Å²) in [5.41, 5.74) is -0.0361. The number of carbonyl (C=O) groups is 2. The van der Waals surface area contributed by atoms with Gasteiger partial charge >= 0.3 is 0 Å². The Morgan fingerprint density at radius 3 is 2.42 bits per heavy atom. The molecule has 1 heterocycles. The molecule has 3 rings (SSSR count). The average Bonchev–Trinajstić information content (AvgIpc) is 2.95. The largest absolute Gasteiger partial charge is 0.495 e. The van der Waals surface area contributed by atoms with E-state index in [0.717, 1.165) is 54.6 Å². The van der Waals surface area contributed by atoms with Crippen LogP contribution < -0.4 is 15.0 Å². The molecule has 1 aromatic carbocycles. The molecule has 2 aliphatic rings. The van der Waals surface area contributed by atoms with Gasteiger partial charge in [0.1, 0.15) is 11.3 Å². The number of anilines is 1. The van der Waals surface area contributed by atoms with Crippen molar-refractivity contribution in [3.8, 4) is 5.75 Å². The van der Waals surface area contributed by atoms with Crippen molar-refractivity contribution in [3.63, 3.8) is 0 Å². The van der Waals surface area contributed by atoms with Gasteiger partial charge < -0.3 is 10.1 Å². The zero-order valence-electron chi connectivity index (χ0n) is 18.8. The van der Waals surface area contributed by atoms with Gasteiger partial charge in [-0.2, -0.15) is 4.31 Å². The molecule has 0 radical (unpaired) electrons. The molecule has 1 unspecified atom stereocenters. The maximum absolute atomic E-state index is 13.6. The predicted molar refractivity (Wildman–Crippen MR) is 120 cm³/mol. The van der Waals surface area contributed by atoms with Gasteiger partial charge in [0.2, 0.25) is 21.8 Å². The highest BCUT2D eigenvalue weighted by Crippen LogP contribution is 2.37. The number of sulfonamides is 1. The number of nitrogens with one attached hydrogen (secondary N) is 1. The summed E-state index contributed by atoms with van der Waals surface area (Å²) in [5, 5.41) is 3.12. The van der Waals surface area contributed by atoms with E-state index >= 15 is 0 Å². The molecule has 1 atom stereocenters. The maximum atomic E-state index is 13.6. The Morgan fingerprint density at radius 1 is 1.19 bits per heavy atom. The lowest BCUT2D eigenvalue weighted by Crippen LogP contribution is -2.70. The van der Waals surface area contributed by atoms with E-state index < -0.39 is 21.5 Å². The smallest absolute Gasteiger partial charge is 0.247 e. The van der Waals surface area contributed by atoms with Crippen molar-refractivity contribution in [2.45, 2.75) is 64.0 Å². The predicted octanol–water partition coefficient (Wildman–Crippen LogP) is 2.21. The Morgan fingerprint density at radius 2 is 1.84 bits per heavy atom. The second-order valence-corrected chi connectivity index (χ2v) is 10.9. The summed E-state index contributed by atoms with van der Waals surface area (Å²) in [4.78, 5) is 28.3. The summed E-state index contributed by atoms with van der Waals surface area (Å²) in [6.07, 6.45) is 7.23. The van der Waals surface area contributed by atoms with E-state index in [1.165, 1.54) is 12.0 Å². The maximum Gasteiger partial charge on any atom is 0.247 e. The van der Waals surface area contributed by atoms with Gasteiger partial charge in [-0.3, -0.25) is 14.5 Å². The molecule has 1 aliphatic carbocycles. The van der Waals surface area contributed by atoms with Crippen LogP contribution in [-0.2, 0) is 19.6 Å². The van der Waals surface area contributed by atoms with E-state index in [2.05, 4.69) is 5.32 Å². The zero-order valence-corrected chi connectivity index (χ0v) is 19.6. The van der Waals surface area contributed by atoms with Crippen molar-refractivity contribution in [3.05, 3.63) is 23.8 Å². The van der Waals surface area contributed by atoms with E-state index in [0.29, 0.717) is 11.4 Å². The lowest BCUT2D eigenvalue weighted by molar-refractivity contribution is -0.133. The number of methoxy groups -OCH3 is 1. The van der Waals surface area contributed by atoms with Gasteiger partial charge in [-0.05, 0) is 44.4 Å². The molecular formula is C22H33N3O5S. The third kappa shape index (κ3) is 5.03. The monoisotopic (exact) mass is 451 g/mol. The highest BCUT2D eigenvalue weighted by Gasteiger charge is 2.51. The topological polar surface area (TPSA) is 96.0 Å².